The Hall–Kier alpha value is -1.82. The monoisotopic (exact) mass is 301 g/mol. The number of rotatable bonds is 3. The summed E-state index contributed by atoms with van der Waals surface area (Å²) in [6, 6.07) is 7.95. The fraction of sp³-hybridized carbons (Fsp3) is 0.231. The first-order valence-electron chi connectivity index (χ1n) is 5.86. The van der Waals surface area contributed by atoms with Crippen LogP contribution in [0.3, 0.4) is 0 Å². The molecule has 0 aliphatic heterocycles. The van der Waals surface area contributed by atoms with Crippen LogP contribution in [0.5, 0.6) is 0 Å². The minimum Gasteiger partial charge on any atom is -0.370 e. The third kappa shape index (κ3) is 3.39. The summed E-state index contributed by atoms with van der Waals surface area (Å²) >= 11 is 5.84. The normalized spacial score (nSPS) is 11.4. The molecule has 1 aromatic heterocycles. The largest absolute Gasteiger partial charge is 0.451 e. The van der Waals surface area contributed by atoms with Crippen molar-refractivity contribution in [2.45, 2.75) is 13.1 Å². The van der Waals surface area contributed by atoms with Gasteiger partial charge in [0.25, 0.3) is 0 Å². The predicted molar refractivity (Wildman–Crippen MR) is 71.6 cm³/mol. The molecule has 0 atom stereocenters. The molecular formula is C13H11ClF3N3. The lowest BCUT2D eigenvalue weighted by Crippen LogP contribution is -2.13. The lowest BCUT2D eigenvalue weighted by Gasteiger charge is -2.11. The maximum atomic E-state index is 12.8. The topological polar surface area (TPSA) is 37.8 Å². The van der Waals surface area contributed by atoms with Gasteiger partial charge in [-0.2, -0.15) is 13.2 Å². The molecule has 2 aromatic rings. The fourth-order valence-corrected chi connectivity index (χ4v) is 1.83. The SMILES string of the molecule is CCNc1cc(-c2cccc(Cl)c2)nc(C(F)(F)F)n1. The van der Waals surface area contributed by atoms with E-state index in [-0.39, 0.29) is 11.5 Å². The maximum Gasteiger partial charge on any atom is 0.451 e. The highest BCUT2D eigenvalue weighted by molar-refractivity contribution is 6.30. The summed E-state index contributed by atoms with van der Waals surface area (Å²) in [4.78, 5) is 7.03. The van der Waals surface area contributed by atoms with Gasteiger partial charge in [-0.05, 0) is 19.1 Å². The number of hydrogen-bond donors (Lipinski definition) is 1. The van der Waals surface area contributed by atoms with Gasteiger partial charge < -0.3 is 5.32 Å². The number of nitrogens with zero attached hydrogens (tertiary/aromatic N) is 2. The molecule has 0 aliphatic rings. The van der Waals surface area contributed by atoms with E-state index in [0.29, 0.717) is 17.1 Å². The third-order valence-electron chi connectivity index (χ3n) is 2.46. The highest BCUT2D eigenvalue weighted by Crippen LogP contribution is 2.30. The third-order valence-corrected chi connectivity index (χ3v) is 2.69. The van der Waals surface area contributed by atoms with Gasteiger partial charge in [0, 0.05) is 23.2 Å². The minimum atomic E-state index is -4.60. The standard InChI is InChI=1S/C13H11ClF3N3/c1-2-18-11-7-10(8-4-3-5-9(14)6-8)19-12(20-11)13(15,16)17/h3-7H,2H2,1H3,(H,18,19,20). The lowest BCUT2D eigenvalue weighted by atomic mass is 10.1. The first kappa shape index (κ1) is 14.6. The Bertz CT molecular complexity index is 614. The second kappa shape index (κ2) is 5.66. The van der Waals surface area contributed by atoms with Gasteiger partial charge in [0.2, 0.25) is 5.82 Å². The second-order valence-electron chi connectivity index (χ2n) is 4.00. The van der Waals surface area contributed by atoms with Gasteiger partial charge in [0.05, 0.1) is 5.69 Å². The van der Waals surface area contributed by atoms with Crippen LogP contribution >= 0.6 is 11.6 Å². The van der Waals surface area contributed by atoms with E-state index >= 15 is 0 Å². The van der Waals surface area contributed by atoms with Gasteiger partial charge in [-0.1, -0.05) is 23.7 Å². The fourth-order valence-electron chi connectivity index (χ4n) is 1.64. The van der Waals surface area contributed by atoms with Crippen LogP contribution in [-0.2, 0) is 6.18 Å². The molecule has 106 valence electrons. The molecular weight excluding hydrogens is 291 g/mol. The number of nitrogens with one attached hydrogen (secondary N) is 1. The van der Waals surface area contributed by atoms with Crippen molar-refractivity contribution in [3.8, 4) is 11.3 Å². The van der Waals surface area contributed by atoms with Crippen LogP contribution in [0.4, 0.5) is 19.0 Å². The molecule has 0 saturated heterocycles. The molecule has 0 amide bonds. The van der Waals surface area contributed by atoms with Crippen LogP contribution in [0.1, 0.15) is 12.7 Å². The summed E-state index contributed by atoms with van der Waals surface area (Å²) in [5.41, 5.74) is 0.676. The molecule has 7 heteroatoms. The highest BCUT2D eigenvalue weighted by Gasteiger charge is 2.35. The van der Waals surface area contributed by atoms with Crippen molar-refractivity contribution in [2.24, 2.45) is 0 Å². The molecule has 20 heavy (non-hydrogen) atoms. The highest BCUT2D eigenvalue weighted by atomic mass is 35.5. The summed E-state index contributed by atoms with van der Waals surface area (Å²) in [6.07, 6.45) is -4.60. The predicted octanol–water partition coefficient (Wildman–Crippen LogP) is 4.25. The van der Waals surface area contributed by atoms with Crippen molar-refractivity contribution in [2.75, 3.05) is 11.9 Å². The van der Waals surface area contributed by atoms with Crippen molar-refractivity contribution >= 4 is 17.4 Å². The van der Waals surface area contributed by atoms with E-state index in [1.54, 1.807) is 31.2 Å². The molecule has 1 N–H and O–H groups in total. The molecule has 0 bridgehead atoms. The van der Waals surface area contributed by atoms with Crippen LogP contribution < -0.4 is 5.32 Å². The average molecular weight is 302 g/mol. The second-order valence-corrected chi connectivity index (χ2v) is 4.44. The van der Waals surface area contributed by atoms with Crippen LogP contribution in [0.25, 0.3) is 11.3 Å². The first-order valence-corrected chi connectivity index (χ1v) is 6.24. The Labute approximate surface area is 118 Å². The summed E-state index contributed by atoms with van der Waals surface area (Å²) in [6.45, 7) is 2.23. The van der Waals surface area contributed by atoms with Gasteiger partial charge in [0.15, 0.2) is 0 Å². The quantitative estimate of drug-likeness (QED) is 0.921. The van der Waals surface area contributed by atoms with Gasteiger partial charge in [-0.25, -0.2) is 9.97 Å². The Kier molecular flexibility index (Phi) is 4.13. The molecule has 0 fully saturated rings. The van der Waals surface area contributed by atoms with Crippen LogP contribution in [0.2, 0.25) is 5.02 Å². The molecule has 1 heterocycles. The number of hydrogen-bond acceptors (Lipinski definition) is 3. The Morgan fingerprint density at radius 1 is 1.20 bits per heavy atom. The Morgan fingerprint density at radius 3 is 2.55 bits per heavy atom. The Morgan fingerprint density at radius 2 is 1.95 bits per heavy atom. The van der Waals surface area contributed by atoms with Crippen molar-refractivity contribution in [3.05, 3.63) is 41.2 Å². The summed E-state index contributed by atoms with van der Waals surface area (Å²) in [7, 11) is 0. The van der Waals surface area contributed by atoms with E-state index in [1.165, 1.54) is 6.07 Å². The molecule has 0 aliphatic carbocycles. The van der Waals surface area contributed by atoms with Crippen molar-refractivity contribution in [1.29, 1.82) is 0 Å². The first-order chi connectivity index (χ1) is 9.40. The van der Waals surface area contributed by atoms with Gasteiger partial charge in [-0.3, -0.25) is 0 Å². The van der Waals surface area contributed by atoms with E-state index in [1.807, 2.05) is 0 Å². The number of halogens is 4. The zero-order valence-electron chi connectivity index (χ0n) is 10.5. The summed E-state index contributed by atoms with van der Waals surface area (Å²) < 4.78 is 38.4. The van der Waals surface area contributed by atoms with Crippen LogP contribution in [-0.4, -0.2) is 16.5 Å². The molecule has 3 nitrogen and oxygen atoms in total. The number of anilines is 1. The van der Waals surface area contributed by atoms with Crippen molar-refractivity contribution in [3.63, 3.8) is 0 Å². The number of aromatic nitrogens is 2. The van der Waals surface area contributed by atoms with E-state index in [4.69, 9.17) is 11.6 Å². The van der Waals surface area contributed by atoms with E-state index < -0.39 is 12.0 Å². The lowest BCUT2D eigenvalue weighted by molar-refractivity contribution is -0.144. The zero-order chi connectivity index (χ0) is 14.8. The summed E-state index contributed by atoms with van der Waals surface area (Å²) in [5.74, 6) is -1.05. The van der Waals surface area contributed by atoms with Crippen LogP contribution in [0.15, 0.2) is 30.3 Å². The van der Waals surface area contributed by atoms with Gasteiger partial charge >= 0.3 is 6.18 Å². The molecule has 0 unspecified atom stereocenters. The molecule has 0 radical (unpaired) electrons. The Balaban J connectivity index is 2.54. The molecule has 0 saturated carbocycles. The maximum absolute atomic E-state index is 12.8. The molecule has 2 rings (SSSR count). The molecule has 0 spiro atoms. The number of alkyl halides is 3. The minimum absolute atomic E-state index is 0.129. The van der Waals surface area contributed by atoms with E-state index in [2.05, 4.69) is 15.3 Å². The van der Waals surface area contributed by atoms with E-state index in [9.17, 15) is 13.2 Å². The van der Waals surface area contributed by atoms with Crippen molar-refractivity contribution in [1.82, 2.24) is 9.97 Å². The van der Waals surface area contributed by atoms with Crippen LogP contribution in [0, 0.1) is 0 Å². The number of benzene rings is 1. The van der Waals surface area contributed by atoms with Gasteiger partial charge in [-0.15, -0.1) is 0 Å². The average Bonchev–Trinajstić information content (AvgIpc) is 2.38. The smallest absolute Gasteiger partial charge is 0.370 e. The zero-order valence-corrected chi connectivity index (χ0v) is 11.3. The van der Waals surface area contributed by atoms with Crippen molar-refractivity contribution < 1.29 is 13.2 Å². The van der Waals surface area contributed by atoms with Gasteiger partial charge in [0.1, 0.15) is 5.82 Å². The van der Waals surface area contributed by atoms with E-state index in [0.717, 1.165) is 0 Å². The molecule has 1 aromatic carbocycles. The summed E-state index contributed by atoms with van der Waals surface area (Å²) in [5, 5.41) is 3.19.